The molecule has 0 spiro atoms. The van der Waals surface area contributed by atoms with Gasteiger partial charge < -0.3 is 9.47 Å². The van der Waals surface area contributed by atoms with Gasteiger partial charge >= 0.3 is 0 Å². The van der Waals surface area contributed by atoms with Gasteiger partial charge in [0.1, 0.15) is 0 Å². The monoisotopic (exact) mass is 210 g/mol. The van der Waals surface area contributed by atoms with Gasteiger partial charge in [-0.25, -0.2) is 0 Å². The second-order valence-corrected chi connectivity index (χ2v) is 5.93. The molecular weight excluding hydrogens is 188 g/mol. The fourth-order valence-corrected chi connectivity index (χ4v) is 4.29. The number of ether oxygens (including phenoxy) is 2. The van der Waals surface area contributed by atoms with Crippen molar-refractivity contribution in [2.45, 2.75) is 39.4 Å². The van der Waals surface area contributed by atoms with Gasteiger partial charge in [0.2, 0.25) is 0 Å². The molecule has 2 saturated carbocycles. The molecule has 5 atom stereocenters. The molecule has 15 heavy (non-hydrogen) atoms. The van der Waals surface area contributed by atoms with E-state index < -0.39 is 0 Å². The molecule has 0 aromatic rings. The smallest absolute Gasteiger partial charge is 0.168 e. The van der Waals surface area contributed by atoms with Crippen molar-refractivity contribution in [2.75, 3.05) is 13.2 Å². The van der Waals surface area contributed by atoms with Crippen molar-refractivity contribution < 1.29 is 9.47 Å². The van der Waals surface area contributed by atoms with E-state index in [2.05, 4.69) is 20.8 Å². The zero-order valence-corrected chi connectivity index (χ0v) is 10.0. The van der Waals surface area contributed by atoms with Crippen molar-refractivity contribution in [2.24, 2.45) is 29.6 Å². The lowest BCUT2D eigenvalue weighted by atomic mass is 9.73. The van der Waals surface area contributed by atoms with Gasteiger partial charge in [0.25, 0.3) is 0 Å². The second kappa shape index (κ2) is 3.21. The molecule has 2 bridgehead atoms. The lowest BCUT2D eigenvalue weighted by Crippen LogP contribution is -2.42. The molecule has 0 aromatic carbocycles. The summed E-state index contributed by atoms with van der Waals surface area (Å²) in [7, 11) is 0. The van der Waals surface area contributed by atoms with Crippen LogP contribution in [0.25, 0.3) is 0 Å². The van der Waals surface area contributed by atoms with E-state index in [4.69, 9.17) is 9.47 Å². The standard InChI is InChI=1S/C13H22O2/c1-8-9(2)11-6-10(8)7-12(11)13(3)14-4-5-15-13/h8-12H,4-7H2,1-3H3. The lowest BCUT2D eigenvalue weighted by molar-refractivity contribution is -0.198. The third-order valence-electron chi connectivity index (χ3n) is 5.43. The molecule has 2 nitrogen and oxygen atoms in total. The molecule has 3 aliphatic rings. The molecule has 5 unspecified atom stereocenters. The fourth-order valence-electron chi connectivity index (χ4n) is 4.29. The summed E-state index contributed by atoms with van der Waals surface area (Å²) in [5.74, 6) is 3.94. The Balaban J connectivity index is 1.80. The minimum atomic E-state index is -0.256. The normalized spacial score (nSPS) is 52.6. The summed E-state index contributed by atoms with van der Waals surface area (Å²) in [5, 5.41) is 0. The number of rotatable bonds is 1. The molecule has 0 N–H and O–H groups in total. The Morgan fingerprint density at radius 1 is 1.00 bits per heavy atom. The molecule has 1 heterocycles. The van der Waals surface area contributed by atoms with Gasteiger partial charge in [0.05, 0.1) is 13.2 Å². The van der Waals surface area contributed by atoms with E-state index in [9.17, 15) is 0 Å². The van der Waals surface area contributed by atoms with Crippen LogP contribution in [-0.2, 0) is 9.47 Å². The third kappa shape index (κ3) is 1.31. The average molecular weight is 210 g/mol. The molecule has 2 aliphatic carbocycles. The first-order valence-corrected chi connectivity index (χ1v) is 6.40. The fraction of sp³-hybridized carbons (Fsp3) is 1.00. The lowest BCUT2D eigenvalue weighted by Gasteiger charge is -2.39. The zero-order valence-electron chi connectivity index (χ0n) is 10.0. The highest BCUT2D eigenvalue weighted by atomic mass is 16.7. The van der Waals surface area contributed by atoms with Crippen LogP contribution in [0.3, 0.4) is 0 Å². The van der Waals surface area contributed by atoms with Crippen molar-refractivity contribution in [1.29, 1.82) is 0 Å². The van der Waals surface area contributed by atoms with Gasteiger partial charge in [-0.05, 0) is 43.4 Å². The van der Waals surface area contributed by atoms with E-state index in [0.717, 1.165) is 36.9 Å². The van der Waals surface area contributed by atoms with Gasteiger partial charge in [0.15, 0.2) is 5.79 Å². The highest BCUT2D eigenvalue weighted by molar-refractivity contribution is 5.01. The quantitative estimate of drug-likeness (QED) is 0.662. The predicted molar refractivity (Wildman–Crippen MR) is 58.3 cm³/mol. The van der Waals surface area contributed by atoms with E-state index in [-0.39, 0.29) is 5.79 Å². The average Bonchev–Trinajstić information content (AvgIpc) is 2.86. The summed E-state index contributed by atoms with van der Waals surface area (Å²) in [5.41, 5.74) is 0. The van der Waals surface area contributed by atoms with E-state index in [1.165, 1.54) is 12.8 Å². The number of hydrogen-bond donors (Lipinski definition) is 0. The summed E-state index contributed by atoms with van der Waals surface area (Å²) in [6, 6.07) is 0. The first kappa shape index (κ1) is 10.1. The Morgan fingerprint density at radius 3 is 2.20 bits per heavy atom. The molecule has 86 valence electrons. The maximum atomic E-state index is 5.84. The van der Waals surface area contributed by atoms with Crippen LogP contribution in [0, 0.1) is 29.6 Å². The Bertz CT molecular complexity index is 255. The predicted octanol–water partition coefficient (Wildman–Crippen LogP) is 2.68. The van der Waals surface area contributed by atoms with Crippen LogP contribution in [0.1, 0.15) is 33.6 Å². The topological polar surface area (TPSA) is 18.5 Å². The molecule has 3 rings (SSSR count). The van der Waals surface area contributed by atoms with Gasteiger partial charge in [-0.2, -0.15) is 0 Å². The summed E-state index contributed by atoms with van der Waals surface area (Å²) < 4.78 is 11.7. The number of hydrogen-bond acceptors (Lipinski definition) is 2. The highest BCUT2D eigenvalue weighted by Gasteiger charge is 2.56. The number of fused-ring (bicyclic) bond motifs is 2. The maximum Gasteiger partial charge on any atom is 0.168 e. The molecule has 0 radical (unpaired) electrons. The van der Waals surface area contributed by atoms with Crippen molar-refractivity contribution >= 4 is 0 Å². The van der Waals surface area contributed by atoms with Crippen LogP contribution < -0.4 is 0 Å². The first-order chi connectivity index (χ1) is 7.12. The summed E-state index contributed by atoms with van der Waals surface area (Å²) in [6.07, 6.45) is 2.74. The van der Waals surface area contributed by atoms with Crippen LogP contribution in [-0.4, -0.2) is 19.0 Å². The van der Waals surface area contributed by atoms with Gasteiger partial charge in [-0.15, -0.1) is 0 Å². The Morgan fingerprint density at radius 2 is 1.67 bits per heavy atom. The Kier molecular flexibility index (Phi) is 2.16. The molecule has 3 fully saturated rings. The Labute approximate surface area is 92.3 Å². The van der Waals surface area contributed by atoms with E-state index in [1.54, 1.807) is 0 Å². The maximum absolute atomic E-state index is 5.84. The molecule has 0 aromatic heterocycles. The summed E-state index contributed by atoms with van der Waals surface area (Å²) >= 11 is 0. The van der Waals surface area contributed by atoms with Crippen LogP contribution in [0.5, 0.6) is 0 Å². The minimum absolute atomic E-state index is 0.256. The second-order valence-electron chi connectivity index (χ2n) is 5.93. The van der Waals surface area contributed by atoms with E-state index >= 15 is 0 Å². The van der Waals surface area contributed by atoms with Crippen LogP contribution in [0.15, 0.2) is 0 Å². The molecular formula is C13H22O2. The van der Waals surface area contributed by atoms with Gasteiger partial charge in [-0.1, -0.05) is 13.8 Å². The van der Waals surface area contributed by atoms with E-state index in [1.807, 2.05) is 0 Å². The first-order valence-electron chi connectivity index (χ1n) is 6.40. The zero-order chi connectivity index (χ0) is 10.6. The van der Waals surface area contributed by atoms with Crippen molar-refractivity contribution in [3.05, 3.63) is 0 Å². The molecule has 2 heteroatoms. The SMILES string of the molecule is CC1C2CC(C1C)C(C1(C)OCCO1)C2. The molecule has 1 saturated heterocycles. The van der Waals surface area contributed by atoms with Crippen LogP contribution >= 0.6 is 0 Å². The largest absolute Gasteiger partial charge is 0.348 e. The molecule has 1 aliphatic heterocycles. The van der Waals surface area contributed by atoms with Gasteiger partial charge in [0, 0.05) is 5.92 Å². The van der Waals surface area contributed by atoms with Crippen LogP contribution in [0.4, 0.5) is 0 Å². The summed E-state index contributed by atoms with van der Waals surface area (Å²) in [4.78, 5) is 0. The van der Waals surface area contributed by atoms with Crippen LogP contribution in [0.2, 0.25) is 0 Å². The third-order valence-corrected chi connectivity index (χ3v) is 5.43. The summed E-state index contributed by atoms with van der Waals surface area (Å²) in [6.45, 7) is 8.56. The minimum Gasteiger partial charge on any atom is -0.348 e. The molecule has 0 amide bonds. The highest BCUT2D eigenvalue weighted by Crippen LogP contribution is 2.58. The van der Waals surface area contributed by atoms with Crippen molar-refractivity contribution in [3.8, 4) is 0 Å². The Hall–Kier alpha value is -0.0800. The van der Waals surface area contributed by atoms with Crippen molar-refractivity contribution in [3.63, 3.8) is 0 Å². The van der Waals surface area contributed by atoms with Gasteiger partial charge in [-0.3, -0.25) is 0 Å². The van der Waals surface area contributed by atoms with Crippen molar-refractivity contribution in [1.82, 2.24) is 0 Å². The van der Waals surface area contributed by atoms with E-state index in [0.29, 0.717) is 5.92 Å².